The molecule has 0 radical (unpaired) electrons. The highest BCUT2D eigenvalue weighted by atomic mass is 32.2. The molecule has 208 valence electrons. The lowest BCUT2D eigenvalue weighted by Crippen LogP contribution is -2.24. The van der Waals surface area contributed by atoms with Gasteiger partial charge in [-0.1, -0.05) is 61.5 Å². The number of benzene rings is 3. The third kappa shape index (κ3) is 7.50. The van der Waals surface area contributed by atoms with Crippen LogP contribution in [0.1, 0.15) is 51.9 Å². The minimum absolute atomic E-state index is 0.000142. The highest BCUT2D eigenvalue weighted by molar-refractivity contribution is 7.99. The number of ether oxygens (including phenoxy) is 1. The third-order valence-corrected chi connectivity index (χ3v) is 6.78. The van der Waals surface area contributed by atoms with Crippen molar-refractivity contribution in [1.82, 2.24) is 20.1 Å². The van der Waals surface area contributed by atoms with Gasteiger partial charge < -0.3 is 10.1 Å². The van der Waals surface area contributed by atoms with E-state index in [0.29, 0.717) is 23.5 Å². The van der Waals surface area contributed by atoms with Crippen LogP contribution in [0, 0.1) is 0 Å². The van der Waals surface area contributed by atoms with Crippen LogP contribution in [0.2, 0.25) is 0 Å². The predicted octanol–water partition coefficient (Wildman–Crippen LogP) is 6.37. The van der Waals surface area contributed by atoms with Gasteiger partial charge in [-0.25, -0.2) is 0 Å². The van der Waals surface area contributed by atoms with Crippen LogP contribution < -0.4 is 10.1 Å². The van der Waals surface area contributed by atoms with Gasteiger partial charge in [-0.05, 0) is 48.9 Å². The second kappa shape index (κ2) is 13.3. The molecule has 40 heavy (non-hydrogen) atoms. The highest BCUT2D eigenvalue weighted by Gasteiger charge is 2.31. The zero-order valence-electron chi connectivity index (χ0n) is 21.6. The Morgan fingerprint density at radius 1 is 0.950 bits per heavy atom. The van der Waals surface area contributed by atoms with E-state index in [1.807, 2.05) is 0 Å². The van der Waals surface area contributed by atoms with E-state index in [1.54, 1.807) is 54.6 Å². The Kier molecular flexibility index (Phi) is 9.60. The van der Waals surface area contributed by atoms with Crippen molar-refractivity contribution in [3.8, 4) is 11.4 Å². The van der Waals surface area contributed by atoms with Crippen molar-refractivity contribution >= 4 is 23.5 Å². The second-order valence-electron chi connectivity index (χ2n) is 8.77. The molecular weight excluding hydrogens is 541 g/mol. The second-order valence-corrected chi connectivity index (χ2v) is 9.71. The van der Waals surface area contributed by atoms with Crippen molar-refractivity contribution in [2.45, 2.75) is 37.6 Å². The van der Waals surface area contributed by atoms with Gasteiger partial charge in [0.2, 0.25) is 0 Å². The topological polar surface area (TPSA) is 86.1 Å². The van der Waals surface area contributed by atoms with Gasteiger partial charge in [-0.15, -0.1) is 10.2 Å². The van der Waals surface area contributed by atoms with Crippen molar-refractivity contribution in [2.24, 2.45) is 0 Å². The van der Waals surface area contributed by atoms with Gasteiger partial charge in [-0.2, -0.15) is 13.2 Å². The smallest absolute Gasteiger partial charge is 0.416 e. The molecule has 0 bridgehead atoms. The van der Waals surface area contributed by atoms with E-state index < -0.39 is 17.6 Å². The van der Waals surface area contributed by atoms with Crippen molar-refractivity contribution in [3.05, 3.63) is 101 Å². The number of carbonyl (C=O) groups excluding carboxylic acids is 2. The SMILES string of the molecule is CCCCOc1ccc(C(=O)NCc2nnc(SCC(=O)c3ccccc3)n2-c2cccc(C(F)(F)F)c2)cc1. The first kappa shape index (κ1) is 28.9. The molecule has 0 saturated carbocycles. The molecule has 0 spiro atoms. The molecular formula is C29H27F3N4O3S. The standard InChI is InChI=1S/C29H27F3N4O3S/c1-2-3-16-39-24-14-12-21(13-15-24)27(38)33-18-26-34-35-28(40-19-25(37)20-8-5-4-6-9-20)36(26)23-11-7-10-22(17-23)29(30,31)32/h4-15,17H,2-3,16,18-19H2,1H3,(H,33,38). The fourth-order valence-electron chi connectivity index (χ4n) is 3.72. The normalized spacial score (nSPS) is 11.3. The summed E-state index contributed by atoms with van der Waals surface area (Å²) in [4.78, 5) is 25.4. The van der Waals surface area contributed by atoms with E-state index in [1.165, 1.54) is 16.7 Å². The van der Waals surface area contributed by atoms with E-state index in [2.05, 4.69) is 22.4 Å². The summed E-state index contributed by atoms with van der Waals surface area (Å²) in [5.41, 5.74) is 0.212. The van der Waals surface area contributed by atoms with Crippen LogP contribution in [-0.4, -0.2) is 38.8 Å². The summed E-state index contributed by atoms with van der Waals surface area (Å²) in [6.07, 6.45) is -2.62. The van der Waals surface area contributed by atoms with Gasteiger partial charge in [0, 0.05) is 11.1 Å². The number of halogens is 3. The lowest BCUT2D eigenvalue weighted by atomic mass is 10.2. The first-order chi connectivity index (χ1) is 19.3. The molecule has 1 heterocycles. The number of unbranched alkanes of at least 4 members (excludes halogenated alkanes) is 1. The predicted molar refractivity (Wildman–Crippen MR) is 146 cm³/mol. The van der Waals surface area contributed by atoms with Gasteiger partial charge >= 0.3 is 6.18 Å². The molecule has 4 aromatic rings. The molecule has 0 fully saturated rings. The first-order valence-electron chi connectivity index (χ1n) is 12.6. The largest absolute Gasteiger partial charge is 0.494 e. The Morgan fingerprint density at radius 2 is 1.70 bits per heavy atom. The Labute approximate surface area is 233 Å². The maximum Gasteiger partial charge on any atom is 0.416 e. The summed E-state index contributed by atoms with van der Waals surface area (Å²) in [5, 5.41) is 11.2. The third-order valence-electron chi connectivity index (χ3n) is 5.85. The minimum atomic E-state index is -4.55. The Balaban J connectivity index is 1.53. The zero-order chi connectivity index (χ0) is 28.5. The molecule has 0 saturated heterocycles. The van der Waals surface area contributed by atoms with Crippen LogP contribution in [0.15, 0.2) is 84.0 Å². The lowest BCUT2D eigenvalue weighted by molar-refractivity contribution is -0.137. The average Bonchev–Trinajstić information content (AvgIpc) is 3.38. The molecule has 1 aromatic heterocycles. The van der Waals surface area contributed by atoms with Crippen molar-refractivity contribution in [3.63, 3.8) is 0 Å². The monoisotopic (exact) mass is 568 g/mol. The summed E-state index contributed by atoms with van der Waals surface area (Å²) in [6.45, 7) is 2.55. The molecule has 0 aliphatic carbocycles. The van der Waals surface area contributed by atoms with E-state index in [0.717, 1.165) is 36.7 Å². The number of rotatable bonds is 12. The fourth-order valence-corrected chi connectivity index (χ4v) is 4.59. The van der Waals surface area contributed by atoms with Crippen LogP contribution in [0.5, 0.6) is 5.75 Å². The highest BCUT2D eigenvalue weighted by Crippen LogP contribution is 2.32. The van der Waals surface area contributed by atoms with Crippen LogP contribution >= 0.6 is 11.8 Å². The van der Waals surface area contributed by atoms with Crippen molar-refractivity contribution in [2.75, 3.05) is 12.4 Å². The van der Waals surface area contributed by atoms with Gasteiger partial charge in [0.1, 0.15) is 5.75 Å². The Hall–Kier alpha value is -4.12. The minimum Gasteiger partial charge on any atom is -0.494 e. The Morgan fingerprint density at radius 3 is 2.40 bits per heavy atom. The van der Waals surface area contributed by atoms with E-state index in [9.17, 15) is 22.8 Å². The number of Topliss-reactive ketones (excluding diaryl/α,β-unsaturated/α-hetero) is 1. The summed E-state index contributed by atoms with van der Waals surface area (Å²) >= 11 is 1.05. The number of carbonyl (C=O) groups is 2. The summed E-state index contributed by atoms with van der Waals surface area (Å²) in [6, 6.07) is 20.1. The number of hydrogen-bond donors (Lipinski definition) is 1. The number of thioether (sulfide) groups is 1. The molecule has 0 atom stereocenters. The van der Waals surface area contributed by atoms with Crippen LogP contribution in [-0.2, 0) is 12.7 Å². The number of aromatic nitrogens is 3. The molecule has 4 rings (SSSR count). The van der Waals surface area contributed by atoms with Crippen molar-refractivity contribution < 1.29 is 27.5 Å². The lowest BCUT2D eigenvalue weighted by Gasteiger charge is -2.13. The van der Waals surface area contributed by atoms with Gasteiger partial charge in [0.25, 0.3) is 5.91 Å². The molecule has 1 N–H and O–H groups in total. The number of amides is 1. The number of ketones is 1. The number of hydrogen-bond acceptors (Lipinski definition) is 6. The van der Waals surface area contributed by atoms with E-state index >= 15 is 0 Å². The number of nitrogens with one attached hydrogen (secondary N) is 1. The molecule has 0 unspecified atom stereocenters. The van der Waals surface area contributed by atoms with Gasteiger partial charge in [0.15, 0.2) is 16.8 Å². The molecule has 1 amide bonds. The zero-order valence-corrected chi connectivity index (χ0v) is 22.5. The maximum atomic E-state index is 13.5. The number of alkyl halides is 3. The molecule has 0 aliphatic heterocycles. The fraction of sp³-hybridized carbons (Fsp3) is 0.241. The Bertz CT molecular complexity index is 1440. The van der Waals surface area contributed by atoms with Gasteiger partial charge in [0.05, 0.1) is 30.2 Å². The summed E-state index contributed by atoms with van der Waals surface area (Å²) in [5.74, 6) is 0.302. The molecule has 0 aliphatic rings. The first-order valence-corrected chi connectivity index (χ1v) is 13.6. The van der Waals surface area contributed by atoms with E-state index in [-0.39, 0.29) is 34.7 Å². The quantitative estimate of drug-likeness (QED) is 0.121. The van der Waals surface area contributed by atoms with Crippen molar-refractivity contribution in [1.29, 1.82) is 0 Å². The van der Waals surface area contributed by atoms with Gasteiger partial charge in [-0.3, -0.25) is 14.2 Å². The summed E-state index contributed by atoms with van der Waals surface area (Å²) in [7, 11) is 0. The average molecular weight is 569 g/mol. The van der Waals surface area contributed by atoms with Crippen LogP contribution in [0.25, 0.3) is 5.69 Å². The van der Waals surface area contributed by atoms with Crippen LogP contribution in [0.3, 0.4) is 0 Å². The maximum absolute atomic E-state index is 13.5. The molecule has 7 nitrogen and oxygen atoms in total. The summed E-state index contributed by atoms with van der Waals surface area (Å²) < 4.78 is 47.4. The number of nitrogens with zero attached hydrogens (tertiary/aromatic N) is 3. The molecule has 11 heteroatoms. The van der Waals surface area contributed by atoms with Crippen LogP contribution in [0.4, 0.5) is 13.2 Å². The van der Waals surface area contributed by atoms with E-state index in [4.69, 9.17) is 4.74 Å². The molecule has 3 aromatic carbocycles.